The number of alkyl halides is 3. The molecule has 0 aromatic heterocycles. The number of anilines is 2. The molecule has 6 nitrogen and oxygen atoms in total. The number of halogens is 3. The number of nitrogens with zero attached hydrogens (tertiary/aromatic N) is 1. The standard InChI is InChI=1S/C22H20F3N3O3S/c1-2-31-21(30)12-16-11-20(28-18-6-4-3-5-17(18)26-16)32-13-19(29)27-15-9-7-14(8-10-15)22(23,24)25/h3-11,26H,2,12-13H2,1H3,(H,27,29). The molecule has 2 aromatic rings. The number of nitrogens with one attached hydrogen (secondary N) is 2. The number of aliphatic imine (C=N–C) groups is 1. The van der Waals surface area contributed by atoms with Crippen molar-refractivity contribution in [3.63, 3.8) is 0 Å². The van der Waals surface area contributed by atoms with E-state index in [-0.39, 0.29) is 24.5 Å². The summed E-state index contributed by atoms with van der Waals surface area (Å²) in [6.07, 6.45) is -2.75. The van der Waals surface area contributed by atoms with Crippen molar-refractivity contribution in [3.05, 3.63) is 65.9 Å². The maximum Gasteiger partial charge on any atom is 0.416 e. The van der Waals surface area contributed by atoms with E-state index >= 15 is 0 Å². The zero-order valence-corrected chi connectivity index (χ0v) is 17.8. The highest BCUT2D eigenvalue weighted by molar-refractivity contribution is 8.14. The first kappa shape index (κ1) is 23.4. The molecule has 0 spiro atoms. The SMILES string of the molecule is CCOC(=O)CC1=CC(SCC(=O)Nc2ccc(C(F)(F)F)cc2)=Nc2ccccc2N1. The molecule has 0 saturated heterocycles. The number of fused-ring (bicyclic) bond motifs is 1. The van der Waals surface area contributed by atoms with Gasteiger partial charge in [0.1, 0.15) is 0 Å². The first-order valence-corrected chi connectivity index (χ1v) is 10.6. The van der Waals surface area contributed by atoms with Gasteiger partial charge in [0.05, 0.1) is 40.8 Å². The molecule has 0 aliphatic carbocycles. The average Bonchev–Trinajstić information content (AvgIpc) is 2.90. The van der Waals surface area contributed by atoms with E-state index in [2.05, 4.69) is 15.6 Å². The molecule has 2 aromatic carbocycles. The van der Waals surface area contributed by atoms with Crippen LogP contribution in [0.25, 0.3) is 0 Å². The fraction of sp³-hybridized carbons (Fsp3) is 0.227. The van der Waals surface area contributed by atoms with E-state index < -0.39 is 23.6 Å². The van der Waals surface area contributed by atoms with Crippen LogP contribution in [0.4, 0.5) is 30.2 Å². The summed E-state index contributed by atoms with van der Waals surface area (Å²) in [6, 6.07) is 11.5. The summed E-state index contributed by atoms with van der Waals surface area (Å²) in [5.74, 6) is -0.816. The zero-order valence-electron chi connectivity index (χ0n) is 17.0. The number of amides is 1. The van der Waals surface area contributed by atoms with E-state index in [1.807, 2.05) is 18.2 Å². The minimum Gasteiger partial charge on any atom is -0.466 e. The molecule has 0 bridgehead atoms. The zero-order chi connectivity index (χ0) is 23.1. The van der Waals surface area contributed by atoms with Gasteiger partial charge in [0, 0.05) is 11.4 Å². The van der Waals surface area contributed by atoms with Crippen molar-refractivity contribution in [2.45, 2.75) is 19.5 Å². The number of hydrogen-bond donors (Lipinski definition) is 2. The summed E-state index contributed by atoms with van der Waals surface area (Å²) in [4.78, 5) is 28.8. The van der Waals surface area contributed by atoms with Gasteiger partial charge in [-0.1, -0.05) is 23.9 Å². The molecule has 0 fully saturated rings. The van der Waals surface area contributed by atoms with Crippen LogP contribution in [0.5, 0.6) is 0 Å². The van der Waals surface area contributed by atoms with Crippen LogP contribution < -0.4 is 10.6 Å². The van der Waals surface area contributed by atoms with Crippen LogP contribution in [0.15, 0.2) is 65.3 Å². The van der Waals surface area contributed by atoms with Gasteiger partial charge in [-0.15, -0.1) is 0 Å². The lowest BCUT2D eigenvalue weighted by molar-refractivity contribution is -0.142. The van der Waals surface area contributed by atoms with E-state index in [1.165, 1.54) is 12.1 Å². The topological polar surface area (TPSA) is 79.8 Å². The van der Waals surface area contributed by atoms with Gasteiger partial charge in [-0.05, 0) is 49.4 Å². The molecule has 32 heavy (non-hydrogen) atoms. The summed E-state index contributed by atoms with van der Waals surface area (Å²) < 4.78 is 43.0. The van der Waals surface area contributed by atoms with Crippen LogP contribution >= 0.6 is 11.8 Å². The molecule has 0 unspecified atom stereocenters. The van der Waals surface area contributed by atoms with Crippen molar-refractivity contribution >= 4 is 45.7 Å². The largest absolute Gasteiger partial charge is 0.466 e. The lowest BCUT2D eigenvalue weighted by atomic mass is 10.2. The van der Waals surface area contributed by atoms with Crippen LogP contribution in [-0.4, -0.2) is 29.3 Å². The Labute approximate surface area is 186 Å². The summed E-state index contributed by atoms with van der Waals surface area (Å²) in [5.41, 5.74) is 1.41. The molecule has 168 valence electrons. The van der Waals surface area contributed by atoms with Gasteiger partial charge in [0.2, 0.25) is 5.91 Å². The van der Waals surface area contributed by atoms with Crippen molar-refractivity contribution < 1.29 is 27.5 Å². The lowest BCUT2D eigenvalue weighted by Crippen LogP contribution is -2.15. The number of rotatable bonds is 6. The second kappa shape index (κ2) is 10.4. The van der Waals surface area contributed by atoms with Gasteiger partial charge in [-0.2, -0.15) is 13.2 Å². The van der Waals surface area contributed by atoms with E-state index in [0.29, 0.717) is 22.1 Å². The molecule has 3 rings (SSSR count). The third kappa shape index (κ3) is 6.61. The van der Waals surface area contributed by atoms with Gasteiger partial charge >= 0.3 is 12.1 Å². The predicted molar refractivity (Wildman–Crippen MR) is 119 cm³/mol. The van der Waals surface area contributed by atoms with E-state index in [4.69, 9.17) is 4.74 Å². The highest BCUT2D eigenvalue weighted by atomic mass is 32.2. The number of thioether (sulfide) groups is 1. The molecular formula is C22H20F3N3O3S. The fourth-order valence-corrected chi connectivity index (χ4v) is 3.54. The summed E-state index contributed by atoms with van der Waals surface area (Å²) in [5, 5.41) is 6.23. The number of carbonyl (C=O) groups is 2. The van der Waals surface area contributed by atoms with E-state index in [0.717, 1.165) is 23.9 Å². The number of hydrogen-bond acceptors (Lipinski definition) is 6. The third-order valence-electron chi connectivity index (χ3n) is 4.21. The number of benzene rings is 2. The van der Waals surface area contributed by atoms with E-state index in [1.54, 1.807) is 19.1 Å². The van der Waals surface area contributed by atoms with Gasteiger partial charge in [0.15, 0.2) is 0 Å². The Hall–Kier alpha value is -3.27. The highest BCUT2D eigenvalue weighted by Crippen LogP contribution is 2.32. The van der Waals surface area contributed by atoms with Gasteiger partial charge in [-0.3, -0.25) is 9.59 Å². The van der Waals surface area contributed by atoms with Crippen molar-refractivity contribution in [2.24, 2.45) is 4.99 Å². The Bertz CT molecular complexity index is 1050. The second-order valence-corrected chi connectivity index (χ2v) is 7.65. The van der Waals surface area contributed by atoms with Crippen LogP contribution in [0.3, 0.4) is 0 Å². The second-order valence-electron chi connectivity index (χ2n) is 6.66. The first-order chi connectivity index (χ1) is 15.2. The Morgan fingerprint density at radius 2 is 1.84 bits per heavy atom. The molecule has 0 radical (unpaired) electrons. The first-order valence-electron chi connectivity index (χ1n) is 9.65. The monoisotopic (exact) mass is 463 g/mol. The van der Waals surface area contributed by atoms with Crippen molar-refractivity contribution in [2.75, 3.05) is 23.0 Å². The van der Waals surface area contributed by atoms with Crippen LogP contribution in [0.1, 0.15) is 18.9 Å². The smallest absolute Gasteiger partial charge is 0.416 e. The van der Waals surface area contributed by atoms with Crippen LogP contribution in [-0.2, 0) is 20.5 Å². The van der Waals surface area contributed by atoms with Crippen molar-refractivity contribution in [1.82, 2.24) is 0 Å². The molecule has 1 heterocycles. The minimum atomic E-state index is -4.44. The highest BCUT2D eigenvalue weighted by Gasteiger charge is 2.30. The molecule has 1 amide bonds. The van der Waals surface area contributed by atoms with E-state index in [9.17, 15) is 22.8 Å². The average molecular weight is 463 g/mol. The summed E-state index contributed by atoms with van der Waals surface area (Å²) >= 11 is 1.14. The summed E-state index contributed by atoms with van der Waals surface area (Å²) in [6.45, 7) is 1.99. The molecular weight excluding hydrogens is 443 g/mol. The number of carbonyl (C=O) groups excluding carboxylic acids is 2. The minimum absolute atomic E-state index is 0.0134. The molecule has 0 saturated carbocycles. The fourth-order valence-electron chi connectivity index (χ4n) is 2.80. The number of esters is 1. The number of para-hydroxylation sites is 2. The third-order valence-corrected chi connectivity index (χ3v) is 5.13. The van der Waals surface area contributed by atoms with Gasteiger partial charge in [-0.25, -0.2) is 4.99 Å². The van der Waals surface area contributed by atoms with Crippen molar-refractivity contribution in [3.8, 4) is 0 Å². The molecule has 2 N–H and O–H groups in total. The Kier molecular flexibility index (Phi) is 7.57. The quantitative estimate of drug-likeness (QED) is 0.563. The Morgan fingerprint density at radius 1 is 1.12 bits per heavy atom. The molecule has 10 heteroatoms. The maximum absolute atomic E-state index is 12.7. The Morgan fingerprint density at radius 3 is 2.53 bits per heavy atom. The molecule has 0 atom stereocenters. The molecule has 1 aliphatic heterocycles. The van der Waals surface area contributed by atoms with Gasteiger partial charge < -0.3 is 15.4 Å². The van der Waals surface area contributed by atoms with Crippen molar-refractivity contribution in [1.29, 1.82) is 0 Å². The Balaban J connectivity index is 1.67. The predicted octanol–water partition coefficient (Wildman–Crippen LogP) is 5.37. The van der Waals surface area contributed by atoms with Crippen LogP contribution in [0, 0.1) is 0 Å². The normalized spacial score (nSPS) is 13.1. The molecule has 1 aliphatic rings. The summed E-state index contributed by atoms with van der Waals surface area (Å²) in [7, 11) is 0. The van der Waals surface area contributed by atoms with Crippen LogP contribution in [0.2, 0.25) is 0 Å². The number of ether oxygens (including phenoxy) is 1. The maximum atomic E-state index is 12.7. The lowest BCUT2D eigenvalue weighted by Gasteiger charge is -2.10. The van der Waals surface area contributed by atoms with Gasteiger partial charge in [0.25, 0.3) is 0 Å².